The minimum absolute atomic E-state index is 0.806. The molecule has 0 radical (unpaired) electrons. The first-order valence-electron chi connectivity index (χ1n) is 13.0. The number of rotatable bonds is 5. The van der Waals surface area contributed by atoms with Gasteiger partial charge in [0.2, 0.25) is 0 Å². The van der Waals surface area contributed by atoms with Crippen molar-refractivity contribution >= 4 is 44.9 Å². The maximum Gasteiger partial charge on any atom is 0.171 e. The molecule has 0 fully saturated rings. The van der Waals surface area contributed by atoms with E-state index in [1.807, 2.05) is 66.7 Å². The lowest BCUT2D eigenvalue weighted by Crippen LogP contribution is -2.25. The van der Waals surface area contributed by atoms with Gasteiger partial charge in [-0.1, -0.05) is 97.1 Å². The van der Waals surface area contributed by atoms with E-state index in [2.05, 4.69) is 82.3 Å². The fraction of sp³-hybridized carbons (Fsp3) is 0. The Morgan fingerprint density at radius 3 is 1.74 bits per heavy atom. The van der Waals surface area contributed by atoms with Crippen LogP contribution in [0.15, 0.2) is 152 Å². The van der Waals surface area contributed by atoms with Gasteiger partial charge in [-0.25, -0.2) is 0 Å². The van der Waals surface area contributed by atoms with Gasteiger partial charge in [-0.05, 0) is 53.6 Å². The van der Waals surface area contributed by atoms with Crippen LogP contribution in [0.4, 0.5) is 0 Å². The topological polar surface area (TPSA) is 34.9 Å². The molecule has 1 atom stereocenters. The van der Waals surface area contributed by atoms with Gasteiger partial charge >= 0.3 is 0 Å². The molecule has 0 bridgehead atoms. The van der Waals surface area contributed by atoms with Crippen molar-refractivity contribution in [2.75, 3.05) is 0 Å². The largest absolute Gasteiger partial charge is 0.309 e. The lowest BCUT2D eigenvalue weighted by atomic mass is 10.1. The van der Waals surface area contributed by atoms with Gasteiger partial charge in [-0.2, -0.15) is 0 Å². The molecule has 39 heavy (non-hydrogen) atoms. The molecule has 3 nitrogen and oxygen atoms in total. The molecule has 186 valence electrons. The van der Waals surface area contributed by atoms with Gasteiger partial charge in [0.25, 0.3) is 0 Å². The third kappa shape index (κ3) is 3.91. The van der Waals surface area contributed by atoms with E-state index in [-0.39, 0.29) is 0 Å². The van der Waals surface area contributed by atoms with Crippen molar-refractivity contribution in [3.63, 3.8) is 0 Å². The summed E-state index contributed by atoms with van der Waals surface area (Å²) in [4.78, 5) is 4.16. The highest BCUT2D eigenvalue weighted by Crippen LogP contribution is 2.44. The van der Waals surface area contributed by atoms with Gasteiger partial charge in [-0.15, -0.1) is 0 Å². The SMILES string of the molecule is O=P(c1ccccc1)(c1cccc(-c2ccncc2)c1)c1cccc(-n2c3ccccc3c3ccccc32)c1. The van der Waals surface area contributed by atoms with E-state index in [0.29, 0.717) is 0 Å². The van der Waals surface area contributed by atoms with Gasteiger partial charge < -0.3 is 9.13 Å². The van der Waals surface area contributed by atoms with Crippen molar-refractivity contribution in [2.45, 2.75) is 0 Å². The second-order valence-corrected chi connectivity index (χ2v) is 12.4. The predicted octanol–water partition coefficient (Wildman–Crippen LogP) is 7.49. The third-order valence-corrected chi connectivity index (χ3v) is 10.4. The zero-order valence-electron chi connectivity index (χ0n) is 21.2. The minimum atomic E-state index is -3.20. The molecule has 0 spiro atoms. The molecule has 0 saturated heterocycles. The van der Waals surface area contributed by atoms with E-state index in [0.717, 1.165) is 43.8 Å². The van der Waals surface area contributed by atoms with Gasteiger partial charge in [-0.3, -0.25) is 4.98 Å². The van der Waals surface area contributed by atoms with Crippen LogP contribution in [0.3, 0.4) is 0 Å². The zero-order chi connectivity index (χ0) is 26.2. The summed E-state index contributed by atoms with van der Waals surface area (Å²) in [5, 5.41) is 4.84. The maximum absolute atomic E-state index is 15.4. The molecular weight excluding hydrogens is 495 g/mol. The van der Waals surface area contributed by atoms with Crippen molar-refractivity contribution in [1.29, 1.82) is 0 Å². The second kappa shape index (κ2) is 9.54. The molecule has 0 N–H and O–H groups in total. The zero-order valence-corrected chi connectivity index (χ0v) is 22.1. The van der Waals surface area contributed by atoms with Crippen LogP contribution in [0.5, 0.6) is 0 Å². The molecule has 1 unspecified atom stereocenters. The van der Waals surface area contributed by atoms with Crippen LogP contribution in [-0.4, -0.2) is 9.55 Å². The molecule has 2 aromatic heterocycles. The highest BCUT2D eigenvalue weighted by Gasteiger charge is 2.30. The first-order valence-corrected chi connectivity index (χ1v) is 14.7. The van der Waals surface area contributed by atoms with Crippen LogP contribution in [0.1, 0.15) is 0 Å². The lowest BCUT2D eigenvalue weighted by molar-refractivity contribution is 0.592. The van der Waals surface area contributed by atoms with Crippen LogP contribution in [0.25, 0.3) is 38.6 Å². The Labute approximate surface area is 227 Å². The van der Waals surface area contributed by atoms with E-state index >= 15 is 4.57 Å². The minimum Gasteiger partial charge on any atom is -0.309 e. The Bertz CT molecular complexity index is 1940. The molecule has 0 aliphatic heterocycles. The van der Waals surface area contributed by atoms with E-state index < -0.39 is 7.14 Å². The van der Waals surface area contributed by atoms with Crippen molar-refractivity contribution in [2.24, 2.45) is 0 Å². The summed E-state index contributed by atoms with van der Waals surface area (Å²) in [7, 11) is -3.20. The summed E-state index contributed by atoms with van der Waals surface area (Å²) < 4.78 is 17.7. The molecule has 0 aliphatic rings. The van der Waals surface area contributed by atoms with E-state index in [1.165, 1.54) is 10.8 Å². The van der Waals surface area contributed by atoms with Crippen molar-refractivity contribution in [1.82, 2.24) is 9.55 Å². The summed E-state index contributed by atoms with van der Waals surface area (Å²) in [5.41, 5.74) is 5.32. The van der Waals surface area contributed by atoms with Crippen LogP contribution >= 0.6 is 7.14 Å². The number of benzene rings is 5. The number of para-hydroxylation sites is 2. The van der Waals surface area contributed by atoms with E-state index in [1.54, 1.807) is 12.4 Å². The smallest absolute Gasteiger partial charge is 0.171 e. The van der Waals surface area contributed by atoms with Crippen LogP contribution in [0, 0.1) is 0 Å². The Morgan fingerprint density at radius 2 is 1.05 bits per heavy atom. The fourth-order valence-corrected chi connectivity index (χ4v) is 8.25. The fourth-order valence-electron chi connectivity index (χ4n) is 5.54. The maximum atomic E-state index is 15.4. The summed E-state index contributed by atoms with van der Waals surface area (Å²) in [6.45, 7) is 0. The second-order valence-electron chi connectivity index (χ2n) is 9.62. The van der Waals surface area contributed by atoms with Crippen molar-refractivity contribution in [3.05, 3.63) is 152 Å². The molecule has 0 aliphatic carbocycles. The van der Waals surface area contributed by atoms with Crippen LogP contribution in [0.2, 0.25) is 0 Å². The van der Waals surface area contributed by atoms with Gasteiger partial charge in [0, 0.05) is 44.8 Å². The van der Waals surface area contributed by atoms with Crippen LogP contribution in [-0.2, 0) is 4.57 Å². The molecule has 7 aromatic rings. The molecule has 7 rings (SSSR count). The lowest BCUT2D eigenvalue weighted by Gasteiger charge is -2.22. The standard InChI is InChI=1S/C35H25N2OP/c38-39(29-12-2-1-3-13-29,30-14-8-10-27(24-30)26-20-22-36-23-21-26)31-15-9-11-28(25-31)37-34-18-6-4-16-32(34)33-17-5-7-19-35(33)37/h1-25H. The number of fused-ring (bicyclic) bond motifs is 3. The molecular formula is C35H25N2OP. The molecule has 5 aromatic carbocycles. The van der Waals surface area contributed by atoms with E-state index in [9.17, 15) is 0 Å². The molecule has 2 heterocycles. The Hall–Kier alpha value is -4.72. The van der Waals surface area contributed by atoms with Gasteiger partial charge in [0.05, 0.1) is 11.0 Å². The number of nitrogens with zero attached hydrogens (tertiary/aromatic N) is 2. The number of aromatic nitrogens is 2. The van der Waals surface area contributed by atoms with Crippen molar-refractivity contribution < 1.29 is 4.57 Å². The third-order valence-electron chi connectivity index (χ3n) is 7.37. The quantitative estimate of drug-likeness (QED) is 0.221. The Balaban J connectivity index is 1.47. The molecule has 0 amide bonds. The summed E-state index contributed by atoms with van der Waals surface area (Å²) >= 11 is 0. The first-order chi connectivity index (χ1) is 19.2. The molecule has 0 saturated carbocycles. The highest BCUT2D eigenvalue weighted by molar-refractivity contribution is 7.85. The highest BCUT2D eigenvalue weighted by atomic mass is 31.2. The average molecular weight is 521 g/mol. The number of pyridine rings is 1. The van der Waals surface area contributed by atoms with Gasteiger partial charge in [0.1, 0.15) is 0 Å². The first kappa shape index (κ1) is 23.4. The normalized spacial score (nSPS) is 12.9. The van der Waals surface area contributed by atoms with Crippen LogP contribution < -0.4 is 15.9 Å². The Kier molecular flexibility index (Phi) is 5.73. The molecule has 4 heteroatoms. The average Bonchev–Trinajstić information content (AvgIpc) is 3.36. The van der Waals surface area contributed by atoms with E-state index in [4.69, 9.17) is 0 Å². The summed E-state index contributed by atoms with van der Waals surface area (Å²) in [5.74, 6) is 0. The van der Waals surface area contributed by atoms with Gasteiger partial charge in [0.15, 0.2) is 7.14 Å². The monoisotopic (exact) mass is 520 g/mol. The Morgan fingerprint density at radius 1 is 0.487 bits per heavy atom. The number of hydrogen-bond acceptors (Lipinski definition) is 2. The van der Waals surface area contributed by atoms with Crippen molar-refractivity contribution in [3.8, 4) is 16.8 Å². The summed E-state index contributed by atoms with van der Waals surface area (Å²) in [6, 6.07) is 47.1. The predicted molar refractivity (Wildman–Crippen MR) is 163 cm³/mol. The number of hydrogen-bond donors (Lipinski definition) is 0. The summed E-state index contributed by atoms with van der Waals surface area (Å²) in [6.07, 6.45) is 3.57.